The first-order valence-electron chi connectivity index (χ1n) is 5.94. The molecular formula is C15H10Br2ClNS. The molecule has 5 heteroatoms. The monoisotopic (exact) mass is 429 g/mol. The molecule has 3 aromatic rings. The molecule has 0 aliphatic rings. The average molecular weight is 432 g/mol. The van der Waals surface area contributed by atoms with Crippen molar-refractivity contribution in [2.75, 3.05) is 0 Å². The summed E-state index contributed by atoms with van der Waals surface area (Å²) in [5.74, 6) is 0. The minimum Gasteiger partial charge on any atom is -0.320 e. The third-order valence-electron chi connectivity index (χ3n) is 3.22. The van der Waals surface area contributed by atoms with Crippen molar-refractivity contribution in [2.45, 2.75) is 6.04 Å². The highest BCUT2D eigenvalue weighted by atomic mass is 79.9. The van der Waals surface area contributed by atoms with Gasteiger partial charge in [-0.05, 0) is 72.0 Å². The molecule has 3 rings (SSSR count). The quantitative estimate of drug-likeness (QED) is 0.519. The Bertz CT molecular complexity index is 785. The highest BCUT2D eigenvalue weighted by molar-refractivity contribution is 9.11. The lowest BCUT2D eigenvalue weighted by molar-refractivity contribution is 0.884. The molecule has 0 amide bonds. The topological polar surface area (TPSA) is 26.0 Å². The summed E-state index contributed by atoms with van der Waals surface area (Å²) in [5, 5.41) is 3.99. The molecule has 1 atom stereocenters. The Morgan fingerprint density at radius 1 is 1.10 bits per heavy atom. The number of thiophene rings is 1. The van der Waals surface area contributed by atoms with Gasteiger partial charge in [0.25, 0.3) is 0 Å². The lowest BCUT2D eigenvalue weighted by atomic mass is 9.99. The van der Waals surface area contributed by atoms with E-state index < -0.39 is 0 Å². The number of hydrogen-bond acceptors (Lipinski definition) is 2. The Morgan fingerprint density at radius 2 is 1.90 bits per heavy atom. The van der Waals surface area contributed by atoms with E-state index in [-0.39, 0.29) is 6.04 Å². The van der Waals surface area contributed by atoms with Crippen LogP contribution >= 0.6 is 54.8 Å². The van der Waals surface area contributed by atoms with Crippen LogP contribution in [0, 0.1) is 0 Å². The van der Waals surface area contributed by atoms with Crippen LogP contribution in [-0.4, -0.2) is 0 Å². The molecule has 20 heavy (non-hydrogen) atoms. The van der Waals surface area contributed by atoms with E-state index >= 15 is 0 Å². The van der Waals surface area contributed by atoms with Gasteiger partial charge in [-0.15, -0.1) is 11.3 Å². The zero-order valence-corrected chi connectivity index (χ0v) is 15.0. The van der Waals surface area contributed by atoms with Gasteiger partial charge in [0.2, 0.25) is 0 Å². The fraction of sp³-hybridized carbons (Fsp3) is 0.0667. The van der Waals surface area contributed by atoms with Crippen LogP contribution in [-0.2, 0) is 0 Å². The van der Waals surface area contributed by atoms with Gasteiger partial charge < -0.3 is 5.73 Å². The first kappa shape index (κ1) is 14.5. The summed E-state index contributed by atoms with van der Waals surface area (Å²) in [5.41, 5.74) is 8.55. The molecule has 0 saturated carbocycles. The summed E-state index contributed by atoms with van der Waals surface area (Å²) in [4.78, 5) is 0. The van der Waals surface area contributed by atoms with Gasteiger partial charge in [-0.2, -0.15) is 0 Å². The van der Waals surface area contributed by atoms with Crippen LogP contribution in [0.5, 0.6) is 0 Å². The average Bonchev–Trinajstić information content (AvgIpc) is 2.86. The van der Waals surface area contributed by atoms with Gasteiger partial charge in [0.1, 0.15) is 0 Å². The van der Waals surface area contributed by atoms with Gasteiger partial charge in [0, 0.05) is 13.6 Å². The predicted octanol–water partition coefficient (Wildman–Crippen LogP) is 6.13. The van der Waals surface area contributed by atoms with E-state index in [0.29, 0.717) is 5.02 Å². The number of nitrogens with two attached hydrogens (primary N) is 1. The fourth-order valence-electron chi connectivity index (χ4n) is 2.17. The van der Waals surface area contributed by atoms with Gasteiger partial charge in [0.05, 0.1) is 11.1 Å². The van der Waals surface area contributed by atoms with Crippen LogP contribution in [0.15, 0.2) is 50.7 Å². The van der Waals surface area contributed by atoms with Crippen LogP contribution in [0.2, 0.25) is 5.02 Å². The van der Waals surface area contributed by atoms with Gasteiger partial charge in [-0.3, -0.25) is 0 Å². The highest BCUT2D eigenvalue weighted by Crippen LogP contribution is 2.37. The zero-order chi connectivity index (χ0) is 14.3. The third kappa shape index (κ3) is 2.55. The second-order valence-electron chi connectivity index (χ2n) is 4.46. The van der Waals surface area contributed by atoms with Crippen molar-refractivity contribution >= 4 is 64.9 Å². The number of fused-ring (bicyclic) bond motifs is 1. The van der Waals surface area contributed by atoms with Crippen molar-refractivity contribution in [2.24, 2.45) is 5.73 Å². The van der Waals surface area contributed by atoms with Crippen LogP contribution in [0.1, 0.15) is 17.2 Å². The van der Waals surface area contributed by atoms with Gasteiger partial charge in [-0.1, -0.05) is 29.8 Å². The molecule has 0 fully saturated rings. The summed E-state index contributed by atoms with van der Waals surface area (Å²) in [6.45, 7) is 0. The van der Waals surface area contributed by atoms with Crippen molar-refractivity contribution in [1.29, 1.82) is 0 Å². The van der Waals surface area contributed by atoms with Crippen LogP contribution in [0.4, 0.5) is 0 Å². The molecule has 102 valence electrons. The molecule has 0 bridgehead atoms. The van der Waals surface area contributed by atoms with E-state index in [0.717, 1.165) is 20.1 Å². The molecule has 0 spiro atoms. The Labute approximate surface area is 143 Å². The maximum Gasteiger partial charge on any atom is 0.0566 e. The predicted molar refractivity (Wildman–Crippen MR) is 94.7 cm³/mol. The fourth-order valence-corrected chi connectivity index (χ4v) is 4.26. The largest absolute Gasteiger partial charge is 0.320 e. The van der Waals surface area contributed by atoms with Gasteiger partial charge in [-0.25, -0.2) is 0 Å². The number of benzene rings is 2. The Balaban J connectivity index is 2.10. The second kappa shape index (κ2) is 5.78. The first-order valence-corrected chi connectivity index (χ1v) is 8.78. The zero-order valence-electron chi connectivity index (χ0n) is 10.2. The van der Waals surface area contributed by atoms with Crippen LogP contribution in [0.3, 0.4) is 0 Å². The van der Waals surface area contributed by atoms with E-state index in [1.807, 2.05) is 30.3 Å². The SMILES string of the molecule is NC(c1ccc(Br)c(Cl)c1)c1csc2c(Br)cccc12. The molecule has 0 aliphatic heterocycles. The molecular weight excluding hydrogens is 422 g/mol. The standard InChI is InChI=1S/C15H10Br2ClNS/c16-11-5-4-8(6-13(11)18)14(19)10-7-20-15-9(10)2-1-3-12(15)17/h1-7,14H,19H2. The molecule has 0 radical (unpaired) electrons. The molecule has 0 saturated heterocycles. The third-order valence-corrected chi connectivity index (χ3v) is 6.42. The molecule has 0 aliphatic carbocycles. The van der Waals surface area contributed by atoms with E-state index in [1.165, 1.54) is 10.1 Å². The van der Waals surface area contributed by atoms with E-state index in [2.05, 4.69) is 43.3 Å². The minimum atomic E-state index is -0.177. The van der Waals surface area contributed by atoms with Crippen molar-refractivity contribution in [3.63, 3.8) is 0 Å². The first-order chi connectivity index (χ1) is 9.58. The Kier molecular flexibility index (Phi) is 4.20. The molecule has 1 nitrogen and oxygen atoms in total. The van der Waals surface area contributed by atoms with E-state index in [1.54, 1.807) is 11.3 Å². The highest BCUT2D eigenvalue weighted by Gasteiger charge is 2.15. The summed E-state index contributed by atoms with van der Waals surface area (Å²) < 4.78 is 3.21. The molecule has 1 heterocycles. The lowest BCUT2D eigenvalue weighted by Crippen LogP contribution is -2.11. The second-order valence-corrected chi connectivity index (χ2v) is 7.45. The molecule has 1 aromatic heterocycles. The smallest absolute Gasteiger partial charge is 0.0566 e. The Hall–Kier alpha value is -0.390. The van der Waals surface area contributed by atoms with Crippen molar-refractivity contribution < 1.29 is 0 Å². The van der Waals surface area contributed by atoms with Crippen molar-refractivity contribution in [1.82, 2.24) is 0 Å². The summed E-state index contributed by atoms with van der Waals surface area (Å²) in [7, 11) is 0. The minimum absolute atomic E-state index is 0.177. The number of hydrogen-bond donors (Lipinski definition) is 1. The Morgan fingerprint density at radius 3 is 2.65 bits per heavy atom. The normalized spacial score (nSPS) is 12.8. The maximum atomic E-state index is 6.41. The number of halogens is 3. The molecule has 1 unspecified atom stereocenters. The number of rotatable bonds is 2. The van der Waals surface area contributed by atoms with Crippen molar-refractivity contribution in [3.8, 4) is 0 Å². The van der Waals surface area contributed by atoms with E-state index in [4.69, 9.17) is 17.3 Å². The van der Waals surface area contributed by atoms with Crippen molar-refractivity contribution in [3.05, 3.63) is 66.9 Å². The summed E-state index contributed by atoms with van der Waals surface area (Å²) >= 11 is 14.8. The van der Waals surface area contributed by atoms with Crippen LogP contribution < -0.4 is 5.73 Å². The van der Waals surface area contributed by atoms with Crippen LogP contribution in [0.25, 0.3) is 10.1 Å². The molecule has 2 aromatic carbocycles. The lowest BCUT2D eigenvalue weighted by Gasteiger charge is -2.12. The summed E-state index contributed by atoms with van der Waals surface area (Å²) in [6.07, 6.45) is 0. The van der Waals surface area contributed by atoms with Gasteiger partial charge >= 0.3 is 0 Å². The maximum absolute atomic E-state index is 6.41. The summed E-state index contributed by atoms with van der Waals surface area (Å²) in [6, 6.07) is 11.9. The van der Waals surface area contributed by atoms with Gasteiger partial charge in [0.15, 0.2) is 0 Å². The molecule has 2 N–H and O–H groups in total. The van der Waals surface area contributed by atoms with E-state index in [9.17, 15) is 0 Å².